The summed E-state index contributed by atoms with van der Waals surface area (Å²) < 4.78 is 23.4. The minimum absolute atomic E-state index is 0.377. The number of benzene rings is 1. The molecule has 25 heavy (non-hydrogen) atoms. The van der Waals surface area contributed by atoms with Crippen LogP contribution in [0.15, 0.2) is 47.2 Å². The topological polar surface area (TPSA) is 93.2 Å². The van der Waals surface area contributed by atoms with Crippen molar-refractivity contribution in [2.75, 3.05) is 25.7 Å². The predicted molar refractivity (Wildman–Crippen MR) is 96.5 cm³/mol. The molecular weight excluding hydrogens is 338 g/mol. The van der Waals surface area contributed by atoms with Crippen LogP contribution in [-0.2, 0) is 14.5 Å². The fourth-order valence-corrected chi connectivity index (χ4v) is 3.49. The number of methoxy groups -OCH3 is 1. The van der Waals surface area contributed by atoms with Crippen LogP contribution >= 0.6 is 0 Å². The Labute approximate surface area is 146 Å². The molecule has 0 bridgehead atoms. The molecule has 0 spiro atoms. The SMILES string of the molecule is COCCS(C)(=O)=Nc1ccc2nn(-c3cnccc3C#N)cc2c1. The van der Waals surface area contributed by atoms with E-state index in [9.17, 15) is 9.47 Å². The fraction of sp³-hybridized carbons (Fsp3) is 0.235. The summed E-state index contributed by atoms with van der Waals surface area (Å²) >= 11 is 0. The summed E-state index contributed by atoms with van der Waals surface area (Å²) in [4.78, 5) is 4.05. The first-order valence-electron chi connectivity index (χ1n) is 7.55. The number of rotatable bonds is 5. The van der Waals surface area contributed by atoms with E-state index >= 15 is 0 Å². The van der Waals surface area contributed by atoms with Crippen LogP contribution < -0.4 is 0 Å². The lowest BCUT2D eigenvalue weighted by Crippen LogP contribution is -2.08. The minimum Gasteiger partial charge on any atom is -0.384 e. The minimum atomic E-state index is -2.35. The van der Waals surface area contributed by atoms with Gasteiger partial charge in [-0.1, -0.05) is 0 Å². The van der Waals surface area contributed by atoms with Crippen molar-refractivity contribution in [1.29, 1.82) is 5.26 Å². The lowest BCUT2D eigenvalue weighted by atomic mass is 10.2. The normalized spacial score (nSPS) is 13.3. The van der Waals surface area contributed by atoms with Gasteiger partial charge in [-0.25, -0.2) is 8.89 Å². The van der Waals surface area contributed by atoms with Crippen molar-refractivity contribution in [2.45, 2.75) is 0 Å². The molecule has 1 aromatic carbocycles. The van der Waals surface area contributed by atoms with Crippen LogP contribution in [0.4, 0.5) is 5.69 Å². The molecule has 3 aromatic rings. The molecule has 0 amide bonds. The van der Waals surface area contributed by atoms with Crippen LogP contribution in [-0.4, -0.2) is 44.7 Å². The molecule has 0 aliphatic heterocycles. The highest BCUT2D eigenvalue weighted by molar-refractivity contribution is 7.93. The second kappa shape index (κ2) is 7.01. The largest absolute Gasteiger partial charge is 0.384 e. The van der Waals surface area contributed by atoms with Crippen molar-refractivity contribution in [1.82, 2.24) is 14.8 Å². The van der Waals surface area contributed by atoms with Gasteiger partial charge in [0.05, 0.1) is 45.1 Å². The lowest BCUT2D eigenvalue weighted by molar-refractivity contribution is 0.218. The number of pyridine rings is 1. The highest BCUT2D eigenvalue weighted by atomic mass is 32.2. The van der Waals surface area contributed by atoms with Crippen LogP contribution in [0.2, 0.25) is 0 Å². The number of hydrogen-bond donors (Lipinski definition) is 0. The van der Waals surface area contributed by atoms with E-state index < -0.39 is 9.73 Å². The van der Waals surface area contributed by atoms with Crippen LogP contribution in [0.1, 0.15) is 5.56 Å². The van der Waals surface area contributed by atoms with Gasteiger partial charge in [-0.05, 0) is 24.3 Å². The summed E-state index contributed by atoms with van der Waals surface area (Å²) in [6, 6.07) is 9.21. The van der Waals surface area contributed by atoms with Crippen molar-refractivity contribution in [2.24, 2.45) is 4.36 Å². The van der Waals surface area contributed by atoms with Gasteiger partial charge in [-0.15, -0.1) is 0 Å². The number of nitrogens with zero attached hydrogens (tertiary/aromatic N) is 5. The molecular formula is C17H17N5O2S. The molecule has 0 saturated carbocycles. The summed E-state index contributed by atoms with van der Waals surface area (Å²) in [5, 5.41) is 14.5. The summed E-state index contributed by atoms with van der Waals surface area (Å²) in [7, 11) is -0.778. The fourth-order valence-electron chi connectivity index (χ4n) is 2.36. The summed E-state index contributed by atoms with van der Waals surface area (Å²) in [5.41, 5.74) is 2.48. The van der Waals surface area contributed by atoms with Crippen LogP contribution in [0.25, 0.3) is 16.6 Å². The Morgan fingerprint density at radius 3 is 3.00 bits per heavy atom. The second-order valence-corrected chi connectivity index (χ2v) is 8.08. The zero-order valence-corrected chi connectivity index (χ0v) is 14.7. The summed E-state index contributed by atoms with van der Waals surface area (Å²) in [5.74, 6) is 0.377. The number of fused-ring (bicyclic) bond motifs is 1. The molecule has 8 heteroatoms. The molecule has 0 N–H and O–H groups in total. The van der Waals surface area contributed by atoms with Gasteiger partial charge in [0.15, 0.2) is 0 Å². The Kier molecular flexibility index (Phi) is 4.79. The first-order valence-corrected chi connectivity index (χ1v) is 9.64. The zero-order chi connectivity index (χ0) is 17.9. The van der Waals surface area contributed by atoms with E-state index in [2.05, 4.69) is 20.5 Å². The Morgan fingerprint density at radius 2 is 2.24 bits per heavy atom. The molecule has 7 nitrogen and oxygen atoms in total. The zero-order valence-electron chi connectivity index (χ0n) is 13.9. The van der Waals surface area contributed by atoms with Crippen molar-refractivity contribution in [3.05, 3.63) is 48.4 Å². The number of nitriles is 1. The van der Waals surface area contributed by atoms with Gasteiger partial charge in [-0.2, -0.15) is 14.7 Å². The van der Waals surface area contributed by atoms with Gasteiger partial charge in [0, 0.05) is 31.1 Å². The highest BCUT2D eigenvalue weighted by Crippen LogP contribution is 2.23. The molecule has 1 unspecified atom stereocenters. The predicted octanol–water partition coefficient (Wildman–Crippen LogP) is 2.67. The Balaban J connectivity index is 2.02. The quantitative estimate of drug-likeness (QED) is 0.701. The van der Waals surface area contributed by atoms with Crippen LogP contribution in [0.5, 0.6) is 0 Å². The molecule has 2 heterocycles. The van der Waals surface area contributed by atoms with E-state index in [4.69, 9.17) is 4.74 Å². The maximum atomic E-state index is 12.4. The first kappa shape index (κ1) is 17.1. The average molecular weight is 355 g/mol. The summed E-state index contributed by atoms with van der Waals surface area (Å²) in [6.45, 7) is 0.400. The van der Waals surface area contributed by atoms with Gasteiger partial charge in [0.25, 0.3) is 0 Å². The summed E-state index contributed by atoms with van der Waals surface area (Å²) in [6.07, 6.45) is 6.59. The molecule has 0 saturated heterocycles. The molecule has 128 valence electrons. The van der Waals surface area contributed by atoms with Gasteiger partial charge in [0.1, 0.15) is 11.8 Å². The Hall–Kier alpha value is -2.76. The maximum Gasteiger partial charge on any atom is 0.102 e. The highest BCUT2D eigenvalue weighted by Gasteiger charge is 2.09. The molecule has 0 fully saturated rings. The standard InChI is InChI=1S/C17H17N5O2S/c1-24-7-8-25(2,23)21-15-3-4-16-14(9-15)12-22(20-16)17-11-19-6-5-13(17)10-18/h3-6,9,11-12H,7-8H2,1-2H3. The van der Waals surface area contributed by atoms with E-state index in [1.165, 1.54) is 0 Å². The molecule has 0 radical (unpaired) electrons. The molecule has 1 atom stereocenters. The van der Waals surface area contributed by atoms with Crippen molar-refractivity contribution < 1.29 is 8.95 Å². The van der Waals surface area contributed by atoms with E-state index in [0.29, 0.717) is 29.3 Å². The van der Waals surface area contributed by atoms with Gasteiger partial charge in [0.2, 0.25) is 0 Å². The van der Waals surface area contributed by atoms with Gasteiger partial charge < -0.3 is 4.74 Å². The molecule has 0 aliphatic carbocycles. The average Bonchev–Trinajstić information content (AvgIpc) is 3.02. The van der Waals surface area contributed by atoms with Gasteiger partial charge >= 0.3 is 0 Å². The number of ether oxygens (including phenoxy) is 1. The number of hydrogen-bond acceptors (Lipinski definition) is 6. The Bertz CT molecular complexity index is 1070. The van der Waals surface area contributed by atoms with E-state index in [-0.39, 0.29) is 0 Å². The Morgan fingerprint density at radius 1 is 1.40 bits per heavy atom. The number of aromatic nitrogens is 3. The van der Waals surface area contributed by atoms with E-state index in [1.807, 2.05) is 12.1 Å². The van der Waals surface area contributed by atoms with Crippen molar-refractivity contribution in [3.8, 4) is 11.8 Å². The molecule has 3 rings (SSSR count). The van der Waals surface area contributed by atoms with E-state index in [1.54, 1.807) is 48.8 Å². The smallest absolute Gasteiger partial charge is 0.102 e. The van der Waals surface area contributed by atoms with E-state index in [0.717, 1.165) is 10.9 Å². The second-order valence-electron chi connectivity index (χ2n) is 5.57. The monoisotopic (exact) mass is 355 g/mol. The van der Waals surface area contributed by atoms with Crippen molar-refractivity contribution >= 4 is 26.3 Å². The van der Waals surface area contributed by atoms with Crippen molar-refractivity contribution in [3.63, 3.8) is 0 Å². The maximum absolute atomic E-state index is 12.4. The lowest BCUT2D eigenvalue weighted by Gasteiger charge is -2.03. The first-order chi connectivity index (χ1) is 12.0. The molecule has 2 aromatic heterocycles. The third kappa shape index (κ3) is 3.84. The van der Waals surface area contributed by atoms with Crippen LogP contribution in [0, 0.1) is 11.3 Å². The van der Waals surface area contributed by atoms with Gasteiger partial charge in [-0.3, -0.25) is 4.98 Å². The third-order valence-corrected chi connectivity index (χ3v) is 5.14. The third-order valence-electron chi connectivity index (χ3n) is 3.62. The molecule has 0 aliphatic rings. The van der Waals surface area contributed by atoms with Crippen LogP contribution in [0.3, 0.4) is 0 Å².